The summed E-state index contributed by atoms with van der Waals surface area (Å²) in [6, 6.07) is 7.06. The van der Waals surface area contributed by atoms with E-state index in [1.807, 2.05) is 10.3 Å². The van der Waals surface area contributed by atoms with Crippen molar-refractivity contribution in [2.75, 3.05) is 32.8 Å². The zero-order chi connectivity index (χ0) is 18.6. The standard InChI is InChI=1S/C19H21N3O4S/c23-17(14-3-5-15(6-4-14)26-19-20-7-13-27-19)21-8-10-22(11-9-21)18(24)16-2-1-12-25-16/h3-7,13,16H,1-2,8-12H2/t16-/m0/s1. The smallest absolute Gasteiger partial charge is 0.278 e. The highest BCUT2D eigenvalue weighted by atomic mass is 32.1. The number of carbonyl (C=O) groups is 2. The summed E-state index contributed by atoms with van der Waals surface area (Å²) in [5.74, 6) is 0.678. The van der Waals surface area contributed by atoms with E-state index in [0.717, 1.165) is 12.8 Å². The molecule has 0 radical (unpaired) electrons. The first-order valence-corrected chi connectivity index (χ1v) is 9.96. The maximum Gasteiger partial charge on any atom is 0.278 e. The molecule has 0 aliphatic carbocycles. The predicted octanol–water partition coefficient (Wildman–Crippen LogP) is 2.40. The number of amides is 2. The summed E-state index contributed by atoms with van der Waals surface area (Å²) < 4.78 is 11.1. The van der Waals surface area contributed by atoms with E-state index in [4.69, 9.17) is 9.47 Å². The molecule has 27 heavy (non-hydrogen) atoms. The SMILES string of the molecule is O=C(c1ccc(Oc2nccs2)cc1)N1CCN(C(=O)[C@@H]2CCCO2)CC1. The van der Waals surface area contributed by atoms with Gasteiger partial charge in [0.1, 0.15) is 11.9 Å². The average molecular weight is 387 g/mol. The van der Waals surface area contributed by atoms with Gasteiger partial charge in [0.05, 0.1) is 0 Å². The maximum absolute atomic E-state index is 12.7. The van der Waals surface area contributed by atoms with Crippen LogP contribution < -0.4 is 4.74 Å². The molecule has 0 saturated carbocycles. The minimum absolute atomic E-state index is 0.0278. The normalized spacial score (nSPS) is 19.9. The van der Waals surface area contributed by atoms with Gasteiger partial charge in [-0.1, -0.05) is 11.3 Å². The van der Waals surface area contributed by atoms with Crippen molar-refractivity contribution < 1.29 is 19.1 Å². The molecule has 1 atom stereocenters. The van der Waals surface area contributed by atoms with E-state index in [9.17, 15) is 9.59 Å². The Balaban J connectivity index is 1.31. The highest BCUT2D eigenvalue weighted by Gasteiger charge is 2.31. The third kappa shape index (κ3) is 4.12. The lowest BCUT2D eigenvalue weighted by Gasteiger charge is -2.35. The Morgan fingerprint density at radius 2 is 1.85 bits per heavy atom. The summed E-state index contributed by atoms with van der Waals surface area (Å²) in [5.41, 5.74) is 0.611. The average Bonchev–Trinajstić information content (AvgIpc) is 3.42. The van der Waals surface area contributed by atoms with Crippen molar-refractivity contribution in [1.29, 1.82) is 0 Å². The minimum Gasteiger partial charge on any atom is -0.431 e. The first kappa shape index (κ1) is 17.9. The van der Waals surface area contributed by atoms with Gasteiger partial charge in [-0.3, -0.25) is 9.59 Å². The molecule has 2 saturated heterocycles. The van der Waals surface area contributed by atoms with Crippen molar-refractivity contribution in [1.82, 2.24) is 14.8 Å². The van der Waals surface area contributed by atoms with Crippen LogP contribution in [0, 0.1) is 0 Å². The van der Waals surface area contributed by atoms with Crippen molar-refractivity contribution in [3.05, 3.63) is 41.4 Å². The van der Waals surface area contributed by atoms with Gasteiger partial charge in [-0.2, -0.15) is 0 Å². The Labute approximate surface area is 161 Å². The number of aromatic nitrogens is 1. The lowest BCUT2D eigenvalue weighted by Crippen LogP contribution is -2.52. The molecule has 0 bridgehead atoms. The molecule has 1 aromatic heterocycles. The van der Waals surface area contributed by atoms with Crippen LogP contribution in [0.25, 0.3) is 0 Å². The molecular weight excluding hydrogens is 366 g/mol. The number of nitrogens with zero attached hydrogens (tertiary/aromatic N) is 3. The van der Waals surface area contributed by atoms with E-state index in [-0.39, 0.29) is 17.9 Å². The second-order valence-electron chi connectivity index (χ2n) is 6.54. The van der Waals surface area contributed by atoms with Crippen molar-refractivity contribution in [2.24, 2.45) is 0 Å². The van der Waals surface area contributed by atoms with Gasteiger partial charge in [0.2, 0.25) is 0 Å². The fourth-order valence-electron chi connectivity index (χ4n) is 3.32. The Bertz CT molecular complexity index is 780. The minimum atomic E-state index is -0.294. The van der Waals surface area contributed by atoms with Crippen LogP contribution in [-0.2, 0) is 9.53 Å². The Kier molecular flexibility index (Phi) is 5.35. The molecule has 0 unspecified atom stereocenters. The van der Waals surface area contributed by atoms with E-state index in [2.05, 4.69) is 4.98 Å². The highest BCUT2D eigenvalue weighted by Crippen LogP contribution is 2.24. The maximum atomic E-state index is 12.7. The number of thiazole rings is 1. The Hall–Kier alpha value is -2.45. The number of hydrogen-bond acceptors (Lipinski definition) is 6. The summed E-state index contributed by atoms with van der Waals surface area (Å²) in [4.78, 5) is 32.8. The van der Waals surface area contributed by atoms with Crippen molar-refractivity contribution >= 4 is 23.2 Å². The van der Waals surface area contributed by atoms with Crippen LogP contribution >= 0.6 is 11.3 Å². The molecule has 7 nitrogen and oxygen atoms in total. The van der Waals surface area contributed by atoms with Crippen molar-refractivity contribution in [2.45, 2.75) is 18.9 Å². The summed E-state index contributed by atoms with van der Waals surface area (Å²) in [6.45, 7) is 2.84. The molecular formula is C19H21N3O4S. The van der Waals surface area contributed by atoms with E-state index in [1.165, 1.54) is 11.3 Å². The zero-order valence-corrected chi connectivity index (χ0v) is 15.7. The van der Waals surface area contributed by atoms with Gasteiger partial charge < -0.3 is 19.3 Å². The molecule has 0 N–H and O–H groups in total. The number of ether oxygens (including phenoxy) is 2. The molecule has 8 heteroatoms. The third-order valence-corrected chi connectivity index (χ3v) is 5.45. The van der Waals surface area contributed by atoms with Gasteiger partial charge in [-0.05, 0) is 37.1 Å². The highest BCUT2D eigenvalue weighted by molar-refractivity contribution is 7.11. The number of hydrogen-bond donors (Lipinski definition) is 0. The second-order valence-corrected chi connectivity index (χ2v) is 7.40. The van der Waals surface area contributed by atoms with Crippen LogP contribution in [0.15, 0.2) is 35.8 Å². The van der Waals surface area contributed by atoms with Gasteiger partial charge in [0.25, 0.3) is 17.0 Å². The largest absolute Gasteiger partial charge is 0.431 e. The van der Waals surface area contributed by atoms with Crippen LogP contribution in [0.4, 0.5) is 0 Å². The molecule has 2 aliphatic heterocycles. The van der Waals surface area contributed by atoms with Crippen molar-refractivity contribution in [3.63, 3.8) is 0 Å². The Morgan fingerprint density at radius 1 is 1.11 bits per heavy atom. The third-order valence-electron chi connectivity index (χ3n) is 4.80. The number of benzene rings is 1. The molecule has 2 fully saturated rings. The van der Waals surface area contributed by atoms with Gasteiger partial charge in [-0.15, -0.1) is 0 Å². The van der Waals surface area contributed by atoms with Crippen LogP contribution in [0.5, 0.6) is 10.9 Å². The van der Waals surface area contributed by atoms with Crippen LogP contribution in [0.3, 0.4) is 0 Å². The quantitative estimate of drug-likeness (QED) is 0.806. The molecule has 2 amide bonds. The molecule has 4 rings (SSSR count). The van der Waals surface area contributed by atoms with E-state index in [0.29, 0.717) is 49.3 Å². The fourth-order valence-corrected chi connectivity index (χ4v) is 3.82. The lowest BCUT2D eigenvalue weighted by atomic mass is 10.1. The van der Waals surface area contributed by atoms with Crippen LogP contribution in [0.1, 0.15) is 23.2 Å². The van der Waals surface area contributed by atoms with E-state index >= 15 is 0 Å². The van der Waals surface area contributed by atoms with Crippen LogP contribution in [0.2, 0.25) is 0 Å². The fraction of sp³-hybridized carbons (Fsp3) is 0.421. The summed E-state index contributed by atoms with van der Waals surface area (Å²) in [6.07, 6.45) is 3.13. The molecule has 0 spiro atoms. The second kappa shape index (κ2) is 8.06. The van der Waals surface area contributed by atoms with Gasteiger partial charge in [0.15, 0.2) is 0 Å². The number of piperazine rings is 1. The summed E-state index contributed by atoms with van der Waals surface area (Å²) in [7, 11) is 0. The molecule has 3 heterocycles. The number of carbonyl (C=O) groups excluding carboxylic acids is 2. The number of rotatable bonds is 4. The Morgan fingerprint density at radius 3 is 2.48 bits per heavy atom. The topological polar surface area (TPSA) is 72.0 Å². The summed E-state index contributed by atoms with van der Waals surface area (Å²) in [5, 5.41) is 2.41. The lowest BCUT2D eigenvalue weighted by molar-refractivity contribution is -0.142. The summed E-state index contributed by atoms with van der Waals surface area (Å²) >= 11 is 1.41. The van der Waals surface area contributed by atoms with E-state index in [1.54, 1.807) is 35.4 Å². The van der Waals surface area contributed by atoms with Gasteiger partial charge in [0, 0.05) is 49.9 Å². The molecule has 2 aliphatic rings. The molecule has 142 valence electrons. The predicted molar refractivity (Wildman–Crippen MR) is 100 cm³/mol. The first-order chi connectivity index (χ1) is 13.2. The monoisotopic (exact) mass is 387 g/mol. The van der Waals surface area contributed by atoms with E-state index < -0.39 is 0 Å². The van der Waals surface area contributed by atoms with Gasteiger partial charge in [-0.25, -0.2) is 4.98 Å². The molecule has 1 aromatic carbocycles. The van der Waals surface area contributed by atoms with Crippen molar-refractivity contribution in [3.8, 4) is 10.9 Å². The van der Waals surface area contributed by atoms with Gasteiger partial charge >= 0.3 is 0 Å². The molecule has 2 aromatic rings. The first-order valence-electron chi connectivity index (χ1n) is 9.08. The zero-order valence-electron chi connectivity index (χ0n) is 14.9. The van der Waals surface area contributed by atoms with Crippen LogP contribution in [-0.4, -0.2) is 65.5 Å².